The summed E-state index contributed by atoms with van der Waals surface area (Å²) in [5, 5.41) is 31.1. The van der Waals surface area contributed by atoms with Crippen LogP contribution in [0, 0.1) is 5.92 Å². The van der Waals surface area contributed by atoms with E-state index in [0.29, 0.717) is 0 Å². The highest BCUT2D eigenvalue weighted by Gasteiger charge is 2.45. The molecule has 112 valence electrons. The second-order valence-electron chi connectivity index (χ2n) is 3.78. The van der Waals surface area contributed by atoms with Crippen LogP contribution in [-0.2, 0) is 9.59 Å². The number of amides is 1. The molecule has 0 bridgehead atoms. The van der Waals surface area contributed by atoms with E-state index in [2.05, 4.69) is 5.32 Å². The second-order valence-corrected chi connectivity index (χ2v) is 3.78. The van der Waals surface area contributed by atoms with Gasteiger partial charge in [-0.2, -0.15) is 13.2 Å². The van der Waals surface area contributed by atoms with Crippen molar-refractivity contribution < 1.29 is 38.1 Å². The van der Waals surface area contributed by atoms with Crippen LogP contribution in [0.25, 0.3) is 0 Å². The predicted molar refractivity (Wildman–Crippen MR) is 56.4 cm³/mol. The molecule has 1 rings (SSSR count). The van der Waals surface area contributed by atoms with Crippen LogP contribution in [0.4, 0.5) is 13.2 Å². The van der Waals surface area contributed by atoms with Crippen LogP contribution < -0.4 is 10.6 Å². The van der Waals surface area contributed by atoms with E-state index in [0.717, 1.165) is 0 Å². The summed E-state index contributed by atoms with van der Waals surface area (Å²) in [6.07, 6.45) is -10.3. The van der Waals surface area contributed by atoms with Gasteiger partial charge in [0.1, 0.15) is 12.3 Å². The van der Waals surface area contributed by atoms with Crippen molar-refractivity contribution in [3.8, 4) is 0 Å². The van der Waals surface area contributed by atoms with Gasteiger partial charge in [0.25, 0.3) is 0 Å². The van der Waals surface area contributed by atoms with Crippen molar-refractivity contribution in [1.29, 1.82) is 0 Å². The summed E-state index contributed by atoms with van der Waals surface area (Å²) in [6.45, 7) is -0.379. The zero-order valence-corrected chi connectivity index (χ0v) is 10.0. The highest BCUT2D eigenvalue weighted by atomic mass is 35.5. The van der Waals surface area contributed by atoms with Crippen molar-refractivity contribution in [3.63, 3.8) is 0 Å². The van der Waals surface area contributed by atoms with Crippen molar-refractivity contribution in [2.45, 2.75) is 24.6 Å². The standard InChI is InChI=1S/C8H11F3N2O5.ClH/c9-8(10,11)7(18)13-5-4(15)3(14)2(1-12-5)6(16)17;/h2-5,12,14-15H,1H2,(H,13,18)(H,16,17);1H/t2-,3-,4-,5+;/m0./s1. The Morgan fingerprint density at radius 3 is 2.16 bits per heavy atom. The van der Waals surface area contributed by atoms with Crippen LogP contribution in [0.15, 0.2) is 0 Å². The summed E-state index contributed by atoms with van der Waals surface area (Å²) in [5.41, 5.74) is 0. The van der Waals surface area contributed by atoms with Crippen LogP contribution in [0.1, 0.15) is 0 Å². The van der Waals surface area contributed by atoms with Crippen molar-refractivity contribution >= 4 is 24.3 Å². The quantitative estimate of drug-likeness (QED) is 0.421. The molecular weight excluding hydrogens is 297 g/mol. The Balaban J connectivity index is 0.00000324. The Labute approximate surface area is 111 Å². The van der Waals surface area contributed by atoms with E-state index in [1.54, 1.807) is 0 Å². The largest absolute Gasteiger partial charge is 0.481 e. The van der Waals surface area contributed by atoms with Gasteiger partial charge < -0.3 is 20.6 Å². The topological polar surface area (TPSA) is 119 Å². The fraction of sp³-hybridized carbons (Fsp3) is 0.750. The summed E-state index contributed by atoms with van der Waals surface area (Å²) in [4.78, 5) is 21.2. The minimum absolute atomic E-state index is 0. The lowest BCUT2D eigenvalue weighted by molar-refractivity contribution is -0.177. The van der Waals surface area contributed by atoms with Crippen molar-refractivity contribution in [2.24, 2.45) is 5.92 Å². The number of nitrogens with one attached hydrogen (secondary N) is 2. The average Bonchev–Trinajstić information content (AvgIpc) is 2.22. The fourth-order valence-electron chi connectivity index (χ4n) is 1.52. The number of aliphatic hydroxyl groups excluding tert-OH is 2. The normalized spacial score (nSPS) is 31.2. The predicted octanol–water partition coefficient (Wildman–Crippen LogP) is -1.56. The Kier molecular flexibility index (Phi) is 6.00. The van der Waals surface area contributed by atoms with Crippen LogP contribution in [-0.4, -0.2) is 58.3 Å². The smallest absolute Gasteiger partial charge is 0.471 e. The number of carboxylic acids is 1. The average molecular weight is 309 g/mol. The first-order valence-electron chi connectivity index (χ1n) is 4.84. The Hall–Kier alpha value is -1.10. The van der Waals surface area contributed by atoms with Gasteiger partial charge in [-0.3, -0.25) is 14.9 Å². The van der Waals surface area contributed by atoms with Gasteiger partial charge in [-0.1, -0.05) is 0 Å². The van der Waals surface area contributed by atoms with Crippen molar-refractivity contribution in [3.05, 3.63) is 0 Å². The molecule has 0 unspecified atom stereocenters. The lowest BCUT2D eigenvalue weighted by atomic mass is 9.92. The zero-order valence-electron chi connectivity index (χ0n) is 9.22. The number of carboxylic acid groups (broad SMARTS) is 1. The van der Waals surface area contributed by atoms with Gasteiger partial charge in [0.15, 0.2) is 0 Å². The van der Waals surface area contributed by atoms with E-state index < -0.39 is 42.3 Å². The number of aliphatic hydroxyl groups is 2. The van der Waals surface area contributed by atoms with Gasteiger partial charge in [0, 0.05) is 6.54 Å². The third-order valence-corrected chi connectivity index (χ3v) is 2.52. The molecule has 0 spiro atoms. The fourth-order valence-corrected chi connectivity index (χ4v) is 1.52. The first-order chi connectivity index (χ1) is 8.14. The number of alkyl halides is 3. The van der Waals surface area contributed by atoms with E-state index in [1.807, 2.05) is 0 Å². The Bertz CT molecular complexity index is 354. The Morgan fingerprint density at radius 1 is 1.21 bits per heavy atom. The summed E-state index contributed by atoms with van der Waals surface area (Å²) in [5.74, 6) is -5.06. The molecule has 1 aliphatic rings. The molecule has 0 aliphatic carbocycles. The molecule has 0 saturated carbocycles. The van der Waals surface area contributed by atoms with Crippen LogP contribution in [0.5, 0.6) is 0 Å². The number of aliphatic carboxylic acids is 1. The van der Waals surface area contributed by atoms with E-state index in [-0.39, 0.29) is 19.0 Å². The van der Waals surface area contributed by atoms with E-state index >= 15 is 0 Å². The number of carbonyl (C=O) groups is 2. The number of carbonyl (C=O) groups excluding carboxylic acids is 1. The summed E-state index contributed by atoms with van der Waals surface area (Å²) in [6, 6.07) is 0. The number of hydrogen-bond acceptors (Lipinski definition) is 5. The number of piperidine rings is 1. The third-order valence-electron chi connectivity index (χ3n) is 2.52. The molecule has 4 atom stereocenters. The zero-order chi connectivity index (χ0) is 14.1. The second kappa shape index (κ2) is 6.37. The molecule has 19 heavy (non-hydrogen) atoms. The van der Waals surface area contributed by atoms with Crippen molar-refractivity contribution in [2.75, 3.05) is 6.54 Å². The molecule has 1 amide bonds. The lowest BCUT2D eigenvalue weighted by Gasteiger charge is -2.36. The summed E-state index contributed by atoms with van der Waals surface area (Å²) >= 11 is 0. The number of halogens is 4. The number of hydrogen-bond donors (Lipinski definition) is 5. The van der Waals surface area contributed by atoms with Gasteiger partial charge in [-0.05, 0) is 0 Å². The first-order valence-corrected chi connectivity index (χ1v) is 4.84. The van der Waals surface area contributed by atoms with Gasteiger partial charge >= 0.3 is 18.1 Å². The molecule has 1 fully saturated rings. The highest BCUT2D eigenvalue weighted by Crippen LogP contribution is 2.18. The summed E-state index contributed by atoms with van der Waals surface area (Å²) in [7, 11) is 0. The molecule has 0 radical (unpaired) electrons. The van der Waals surface area contributed by atoms with E-state index in [9.17, 15) is 33.0 Å². The number of rotatable bonds is 2. The highest BCUT2D eigenvalue weighted by molar-refractivity contribution is 5.85. The van der Waals surface area contributed by atoms with Crippen LogP contribution >= 0.6 is 12.4 Å². The van der Waals surface area contributed by atoms with E-state index in [4.69, 9.17) is 5.11 Å². The van der Waals surface area contributed by atoms with Gasteiger partial charge in [-0.15, -0.1) is 12.4 Å². The van der Waals surface area contributed by atoms with E-state index in [1.165, 1.54) is 5.32 Å². The van der Waals surface area contributed by atoms with Gasteiger partial charge in [-0.25, -0.2) is 0 Å². The van der Waals surface area contributed by atoms with Crippen molar-refractivity contribution in [1.82, 2.24) is 10.6 Å². The SMILES string of the molecule is Cl.O=C(O)[C@H]1CN[C@H](NC(=O)C(F)(F)F)[C@@H](O)[C@H]1O. The minimum atomic E-state index is -5.13. The lowest BCUT2D eigenvalue weighted by Crippen LogP contribution is -2.66. The molecule has 5 N–H and O–H groups in total. The third kappa shape index (κ3) is 4.20. The molecule has 1 saturated heterocycles. The van der Waals surface area contributed by atoms with Crippen LogP contribution in [0.2, 0.25) is 0 Å². The van der Waals surface area contributed by atoms with Crippen LogP contribution in [0.3, 0.4) is 0 Å². The maximum Gasteiger partial charge on any atom is 0.471 e. The molecule has 7 nitrogen and oxygen atoms in total. The van der Waals surface area contributed by atoms with Gasteiger partial charge in [0.05, 0.1) is 12.0 Å². The molecule has 1 heterocycles. The molecule has 0 aromatic carbocycles. The first kappa shape index (κ1) is 17.9. The Morgan fingerprint density at radius 2 is 1.74 bits per heavy atom. The molecule has 0 aromatic heterocycles. The molecule has 1 aliphatic heterocycles. The van der Waals surface area contributed by atoms with Gasteiger partial charge in [0.2, 0.25) is 0 Å². The molecule has 0 aromatic rings. The maximum atomic E-state index is 12.0. The monoisotopic (exact) mass is 308 g/mol. The molecular formula is C8H12ClF3N2O5. The molecule has 11 heteroatoms. The minimum Gasteiger partial charge on any atom is -0.481 e. The summed E-state index contributed by atoms with van der Waals surface area (Å²) < 4.78 is 35.9. The maximum absolute atomic E-state index is 12.0.